The zero-order chi connectivity index (χ0) is 20.2. The fourth-order valence-electron chi connectivity index (χ4n) is 7.76. The summed E-state index contributed by atoms with van der Waals surface area (Å²) in [5, 5.41) is 7.89. The van der Waals surface area contributed by atoms with Crippen LogP contribution in [0, 0.1) is 34.5 Å². The lowest BCUT2D eigenvalue weighted by Crippen LogP contribution is -2.56. The number of oxime groups is 1. The number of hydrogen-bond donors (Lipinski definition) is 1. The van der Waals surface area contributed by atoms with Crippen molar-refractivity contribution in [1.82, 2.24) is 5.32 Å². The molecule has 6 heteroatoms. The summed E-state index contributed by atoms with van der Waals surface area (Å²) in [5.41, 5.74) is 0.994. The van der Waals surface area contributed by atoms with E-state index in [2.05, 4.69) is 24.3 Å². The molecule has 1 N–H and O–H groups in total. The molecule has 168 valence electrons. The van der Waals surface area contributed by atoms with Gasteiger partial charge in [-0.05, 0) is 81.1 Å². The van der Waals surface area contributed by atoms with Crippen LogP contribution in [-0.4, -0.2) is 36.5 Å². The zero-order valence-electron chi connectivity index (χ0n) is 18.5. The molecule has 0 amide bonds. The number of piperidine rings is 1. The Morgan fingerprint density at radius 2 is 1.87 bits per heavy atom. The topological polar surface area (TPSA) is 67.8 Å². The molecule has 5 fully saturated rings. The Balaban J connectivity index is 0.00000218. The number of hydrogen-bond acceptors (Lipinski definition) is 5. The fraction of sp³-hybridized carbons (Fsp3) is 0.875. The summed E-state index contributed by atoms with van der Waals surface area (Å²) >= 11 is 0. The Labute approximate surface area is 186 Å². The van der Waals surface area contributed by atoms with Gasteiger partial charge >= 0.3 is 0 Å². The van der Waals surface area contributed by atoms with E-state index in [0.717, 1.165) is 76.6 Å². The number of carbonyl (C=O) groups is 2. The summed E-state index contributed by atoms with van der Waals surface area (Å²) in [5.74, 6) is 2.38. The molecule has 4 saturated carbocycles. The molecule has 5 nitrogen and oxygen atoms in total. The normalized spacial score (nSPS) is 47.1. The number of rotatable bonds is 2. The van der Waals surface area contributed by atoms with Gasteiger partial charge in [0.1, 0.15) is 17.7 Å². The van der Waals surface area contributed by atoms with E-state index in [1.807, 2.05) is 0 Å². The molecule has 0 aromatic rings. The standard InChI is InChI=1S/C24H36N2O3.ClH/c1-23-9-7-15(26-29-16-4-3-11-25-14-16)12-20(23)21(27)13-17-18-5-6-22(28)24(18,2)10-8-19(17)23;/h16-20,25H,3-14H2,1-2H3;1H/t16-,17+,18+,19+,20-,23-,24+;/m1./s1. The molecule has 0 aromatic heterocycles. The largest absolute Gasteiger partial charge is 0.391 e. The second-order valence-corrected chi connectivity index (χ2v) is 11.0. The third-order valence-electron chi connectivity index (χ3n) is 9.59. The Kier molecular flexibility index (Phi) is 6.08. The number of nitrogens with one attached hydrogen (secondary N) is 1. The van der Waals surface area contributed by atoms with E-state index >= 15 is 0 Å². The number of nitrogens with zero attached hydrogens (tertiary/aromatic N) is 1. The van der Waals surface area contributed by atoms with Gasteiger partial charge in [0.15, 0.2) is 0 Å². The maximum Gasteiger partial charge on any atom is 0.139 e. The summed E-state index contributed by atoms with van der Waals surface area (Å²) in [6.45, 7) is 6.50. The van der Waals surface area contributed by atoms with Crippen LogP contribution in [0.3, 0.4) is 0 Å². The SMILES string of the molecule is C[C@]12CCC(=NO[C@@H]3CCCNC3)C[C@@H]1C(=O)C[C@@H]1[C@@H]2CC[C@]2(C)C(=O)CC[C@@H]12.Cl. The monoisotopic (exact) mass is 436 g/mol. The van der Waals surface area contributed by atoms with Gasteiger partial charge in [-0.1, -0.05) is 19.0 Å². The van der Waals surface area contributed by atoms with Crippen LogP contribution in [0.15, 0.2) is 5.16 Å². The summed E-state index contributed by atoms with van der Waals surface area (Å²) in [6.07, 6.45) is 9.67. The van der Waals surface area contributed by atoms with E-state index < -0.39 is 0 Å². The second kappa shape index (κ2) is 8.20. The lowest BCUT2D eigenvalue weighted by atomic mass is 9.45. The first-order valence-electron chi connectivity index (χ1n) is 11.9. The molecule has 7 atom stereocenters. The molecule has 0 aromatic carbocycles. The van der Waals surface area contributed by atoms with Crippen LogP contribution in [0.5, 0.6) is 0 Å². The summed E-state index contributed by atoms with van der Waals surface area (Å²) < 4.78 is 0. The van der Waals surface area contributed by atoms with Gasteiger partial charge in [0.25, 0.3) is 0 Å². The highest BCUT2D eigenvalue weighted by atomic mass is 35.5. The van der Waals surface area contributed by atoms with Crippen molar-refractivity contribution in [3.05, 3.63) is 0 Å². The molecule has 5 rings (SSSR count). The van der Waals surface area contributed by atoms with Gasteiger partial charge in [0.2, 0.25) is 0 Å². The summed E-state index contributed by atoms with van der Waals surface area (Å²) in [7, 11) is 0. The first-order chi connectivity index (χ1) is 13.9. The number of Topliss-reactive ketones (excluding diaryl/α,β-unsaturated/α-hetero) is 2. The molecule has 1 saturated heterocycles. The zero-order valence-corrected chi connectivity index (χ0v) is 19.3. The van der Waals surface area contributed by atoms with E-state index in [4.69, 9.17) is 4.84 Å². The highest BCUT2D eigenvalue weighted by Gasteiger charge is 2.62. The molecule has 0 spiro atoms. The molecule has 0 radical (unpaired) electrons. The van der Waals surface area contributed by atoms with Crippen LogP contribution in [0.2, 0.25) is 0 Å². The smallest absolute Gasteiger partial charge is 0.139 e. The molecule has 0 bridgehead atoms. The van der Waals surface area contributed by atoms with Gasteiger partial charge in [0, 0.05) is 30.7 Å². The van der Waals surface area contributed by atoms with Crippen LogP contribution in [0.1, 0.15) is 78.1 Å². The lowest BCUT2D eigenvalue weighted by Gasteiger charge is -2.58. The Morgan fingerprint density at radius 3 is 2.63 bits per heavy atom. The average Bonchev–Trinajstić information content (AvgIpc) is 3.03. The average molecular weight is 437 g/mol. The quantitative estimate of drug-likeness (QED) is 0.654. The van der Waals surface area contributed by atoms with E-state index in [0.29, 0.717) is 35.7 Å². The predicted octanol–water partition coefficient (Wildman–Crippen LogP) is 4.32. The fourth-order valence-corrected chi connectivity index (χ4v) is 7.76. The first-order valence-corrected chi connectivity index (χ1v) is 11.9. The minimum atomic E-state index is -0.159. The number of halogens is 1. The Hall–Kier alpha value is -0.940. The van der Waals surface area contributed by atoms with Crippen molar-refractivity contribution in [2.24, 2.45) is 39.7 Å². The summed E-state index contributed by atoms with van der Waals surface area (Å²) in [4.78, 5) is 31.7. The molecule has 1 aliphatic heterocycles. The Bertz CT molecular complexity index is 734. The van der Waals surface area contributed by atoms with E-state index in [1.54, 1.807) is 0 Å². The van der Waals surface area contributed by atoms with Crippen LogP contribution < -0.4 is 5.32 Å². The third-order valence-corrected chi connectivity index (χ3v) is 9.59. The number of ketones is 2. The van der Waals surface area contributed by atoms with Crippen molar-refractivity contribution in [3.63, 3.8) is 0 Å². The Morgan fingerprint density at radius 1 is 1.03 bits per heavy atom. The van der Waals surface area contributed by atoms with E-state index in [1.165, 1.54) is 0 Å². The molecule has 4 aliphatic carbocycles. The van der Waals surface area contributed by atoms with Gasteiger partial charge in [0.05, 0.1) is 5.71 Å². The van der Waals surface area contributed by atoms with Crippen LogP contribution in [-0.2, 0) is 14.4 Å². The van der Waals surface area contributed by atoms with Gasteiger partial charge in [-0.25, -0.2) is 0 Å². The molecule has 30 heavy (non-hydrogen) atoms. The van der Waals surface area contributed by atoms with Crippen molar-refractivity contribution in [1.29, 1.82) is 0 Å². The third kappa shape index (κ3) is 3.44. The van der Waals surface area contributed by atoms with Crippen molar-refractivity contribution in [2.45, 2.75) is 84.2 Å². The van der Waals surface area contributed by atoms with Crippen molar-refractivity contribution >= 4 is 29.7 Å². The number of carbonyl (C=O) groups excluding carboxylic acids is 2. The molecular formula is C24H37ClN2O3. The maximum atomic E-state index is 13.3. The van der Waals surface area contributed by atoms with E-state index in [-0.39, 0.29) is 35.3 Å². The highest BCUT2D eigenvalue weighted by molar-refractivity contribution is 5.93. The lowest BCUT2D eigenvalue weighted by molar-refractivity contribution is -0.152. The van der Waals surface area contributed by atoms with Crippen LogP contribution in [0.25, 0.3) is 0 Å². The summed E-state index contributed by atoms with van der Waals surface area (Å²) in [6, 6.07) is 0. The van der Waals surface area contributed by atoms with E-state index in [9.17, 15) is 9.59 Å². The van der Waals surface area contributed by atoms with Gasteiger partial charge in [-0.3, -0.25) is 9.59 Å². The van der Waals surface area contributed by atoms with Crippen molar-refractivity contribution in [3.8, 4) is 0 Å². The van der Waals surface area contributed by atoms with Crippen LogP contribution in [0.4, 0.5) is 0 Å². The molecule has 1 heterocycles. The molecular weight excluding hydrogens is 400 g/mol. The van der Waals surface area contributed by atoms with Gasteiger partial charge < -0.3 is 10.2 Å². The van der Waals surface area contributed by atoms with Gasteiger partial charge in [-0.15, -0.1) is 12.4 Å². The first kappa shape index (κ1) is 22.3. The maximum absolute atomic E-state index is 13.3. The van der Waals surface area contributed by atoms with Gasteiger partial charge in [-0.2, -0.15) is 0 Å². The van der Waals surface area contributed by atoms with Crippen molar-refractivity contribution in [2.75, 3.05) is 13.1 Å². The highest BCUT2D eigenvalue weighted by Crippen LogP contribution is 2.64. The minimum Gasteiger partial charge on any atom is -0.391 e. The predicted molar refractivity (Wildman–Crippen MR) is 119 cm³/mol. The second-order valence-electron chi connectivity index (χ2n) is 11.0. The van der Waals surface area contributed by atoms with Crippen LogP contribution >= 0.6 is 12.4 Å². The number of fused-ring (bicyclic) bond motifs is 5. The van der Waals surface area contributed by atoms with Crippen molar-refractivity contribution < 1.29 is 14.4 Å². The minimum absolute atomic E-state index is 0. The molecule has 5 aliphatic rings. The molecule has 0 unspecified atom stereocenters.